The minimum absolute atomic E-state index is 0.0193. The zero-order valence-corrected chi connectivity index (χ0v) is 29.8. The normalized spacial score (nSPS) is 11.0. The van der Waals surface area contributed by atoms with Crippen LogP contribution in [-0.2, 0) is 19.2 Å². The topological polar surface area (TPSA) is 256 Å². The number of nitrogens with two attached hydrogens (primary N) is 2. The van der Waals surface area contributed by atoms with E-state index in [0.717, 1.165) is 19.3 Å². The van der Waals surface area contributed by atoms with Crippen LogP contribution in [-0.4, -0.2) is 91.2 Å². The number of hydrogen-bond acceptors (Lipinski definition) is 9. The largest absolute Gasteiger partial charge is 0.494 e. The fourth-order valence-corrected chi connectivity index (χ4v) is 4.99. The number of aliphatic carboxylic acids is 1. The number of thiol groups is 1. The summed E-state index contributed by atoms with van der Waals surface area (Å²) in [6.45, 7) is 3.86. The summed E-state index contributed by atoms with van der Waals surface area (Å²) in [6, 6.07) is 7.96. The van der Waals surface area contributed by atoms with Crippen LogP contribution < -0.4 is 42.8 Å². The fourth-order valence-electron chi connectivity index (χ4n) is 4.79. The molecular weight excluding hydrogens is 680 g/mol. The Morgan fingerprint density at radius 2 is 1.49 bits per heavy atom. The van der Waals surface area contributed by atoms with E-state index in [1.165, 1.54) is 12.1 Å². The maximum atomic E-state index is 13.1. The van der Waals surface area contributed by atoms with Crippen LogP contribution >= 0.6 is 12.6 Å². The molecule has 17 heteroatoms. The van der Waals surface area contributed by atoms with Gasteiger partial charge < -0.3 is 47.9 Å². The Morgan fingerprint density at radius 1 is 0.824 bits per heavy atom. The number of amides is 5. The van der Waals surface area contributed by atoms with Crippen molar-refractivity contribution in [2.24, 2.45) is 16.5 Å². The number of aliphatic imine (C=N–C) groups is 1. The number of rotatable bonds is 22. The van der Waals surface area contributed by atoms with E-state index in [9.17, 15) is 33.9 Å². The maximum absolute atomic E-state index is 13.1. The van der Waals surface area contributed by atoms with Crippen molar-refractivity contribution in [3.8, 4) is 5.75 Å². The van der Waals surface area contributed by atoms with Crippen molar-refractivity contribution in [2.75, 3.05) is 38.5 Å². The summed E-state index contributed by atoms with van der Waals surface area (Å²) in [5.74, 6) is -2.48. The van der Waals surface area contributed by atoms with Crippen LogP contribution in [0.5, 0.6) is 5.75 Å². The molecule has 1 atom stereocenters. The van der Waals surface area contributed by atoms with E-state index in [4.69, 9.17) is 16.2 Å². The van der Waals surface area contributed by atoms with Crippen molar-refractivity contribution >= 4 is 59.8 Å². The average molecular weight is 729 g/mol. The predicted molar refractivity (Wildman–Crippen MR) is 195 cm³/mol. The Balaban J connectivity index is 1.75. The molecule has 278 valence electrons. The van der Waals surface area contributed by atoms with Gasteiger partial charge in [0.05, 0.1) is 18.8 Å². The van der Waals surface area contributed by atoms with Crippen molar-refractivity contribution in [3.05, 3.63) is 58.7 Å². The van der Waals surface area contributed by atoms with E-state index >= 15 is 0 Å². The number of aryl methyl sites for hydroxylation is 2. The van der Waals surface area contributed by atoms with Gasteiger partial charge in [-0.2, -0.15) is 12.6 Å². The second-order valence-corrected chi connectivity index (χ2v) is 12.0. The molecular formula is C34H48N8O8S. The highest BCUT2D eigenvalue weighted by molar-refractivity contribution is 7.80. The van der Waals surface area contributed by atoms with Crippen molar-refractivity contribution in [2.45, 2.75) is 58.4 Å². The lowest BCUT2D eigenvalue weighted by molar-refractivity contribution is -0.139. The van der Waals surface area contributed by atoms with Gasteiger partial charge in [-0.05, 0) is 80.3 Å². The lowest BCUT2D eigenvalue weighted by Crippen LogP contribution is -2.50. The molecule has 0 aliphatic carbocycles. The Morgan fingerprint density at radius 3 is 2.14 bits per heavy atom. The third-order valence-electron chi connectivity index (χ3n) is 7.27. The van der Waals surface area contributed by atoms with Crippen LogP contribution in [0.4, 0.5) is 5.69 Å². The number of unbranched alkanes of at least 4 members (excludes halogenated alkanes) is 2. The molecule has 0 aliphatic rings. The third-order valence-corrected chi connectivity index (χ3v) is 7.49. The molecule has 0 heterocycles. The summed E-state index contributed by atoms with van der Waals surface area (Å²) in [7, 11) is 0. The second-order valence-electron chi connectivity index (χ2n) is 11.6. The molecule has 0 unspecified atom stereocenters. The molecule has 0 bridgehead atoms. The number of carboxylic acid groups (broad SMARTS) is 1. The SMILES string of the molecule is Cc1cc(OCCCNC(=O)CCCCCNC(=O)CCS)cc(C)c1C(=O)N[C@@H](CNC(=O)CNC(=O)c1cccc(N=C(N)N)c1)C(=O)O. The molecule has 51 heavy (non-hydrogen) atoms. The molecule has 0 radical (unpaired) electrons. The minimum atomic E-state index is -1.45. The maximum Gasteiger partial charge on any atom is 0.328 e. The fraction of sp³-hybridized carbons (Fsp3) is 0.441. The molecule has 2 aromatic rings. The summed E-state index contributed by atoms with van der Waals surface area (Å²) >= 11 is 4.02. The number of carboxylic acids is 1. The van der Waals surface area contributed by atoms with Crippen molar-refractivity contribution in [1.29, 1.82) is 0 Å². The van der Waals surface area contributed by atoms with Crippen LogP contribution in [0.1, 0.15) is 70.4 Å². The van der Waals surface area contributed by atoms with Gasteiger partial charge in [-0.25, -0.2) is 9.79 Å². The number of carbonyl (C=O) groups is 6. The Hall–Kier alpha value is -5.32. The average Bonchev–Trinajstić information content (AvgIpc) is 3.06. The number of nitrogens with one attached hydrogen (secondary N) is 5. The monoisotopic (exact) mass is 728 g/mol. The minimum Gasteiger partial charge on any atom is -0.494 e. The second kappa shape index (κ2) is 22.4. The first-order chi connectivity index (χ1) is 24.3. The summed E-state index contributed by atoms with van der Waals surface area (Å²) in [5, 5.41) is 22.6. The quantitative estimate of drug-likeness (QED) is 0.0357. The lowest BCUT2D eigenvalue weighted by atomic mass is 10.0. The first-order valence-corrected chi connectivity index (χ1v) is 17.1. The van der Waals surface area contributed by atoms with Gasteiger partial charge >= 0.3 is 5.97 Å². The smallest absolute Gasteiger partial charge is 0.328 e. The Labute approximate surface area is 302 Å². The van der Waals surface area contributed by atoms with Crippen LogP contribution in [0.3, 0.4) is 0 Å². The number of benzene rings is 2. The Bertz CT molecular complexity index is 1540. The van der Waals surface area contributed by atoms with Gasteiger partial charge in [0.2, 0.25) is 17.7 Å². The van der Waals surface area contributed by atoms with E-state index in [-0.39, 0.29) is 28.9 Å². The van der Waals surface area contributed by atoms with Crippen LogP contribution in [0.25, 0.3) is 0 Å². The molecule has 16 nitrogen and oxygen atoms in total. The third kappa shape index (κ3) is 16.3. The van der Waals surface area contributed by atoms with E-state index in [2.05, 4.69) is 44.2 Å². The molecule has 0 aromatic heterocycles. The highest BCUT2D eigenvalue weighted by atomic mass is 32.1. The molecule has 0 aliphatic heterocycles. The van der Waals surface area contributed by atoms with E-state index < -0.39 is 42.8 Å². The van der Waals surface area contributed by atoms with E-state index in [1.807, 2.05) is 0 Å². The zero-order valence-electron chi connectivity index (χ0n) is 28.9. The molecule has 0 fully saturated rings. The zero-order chi connectivity index (χ0) is 37.8. The molecule has 2 aromatic carbocycles. The number of nitrogens with zero attached hydrogens (tertiary/aromatic N) is 1. The molecule has 5 amide bonds. The first kappa shape index (κ1) is 41.8. The van der Waals surface area contributed by atoms with Crippen molar-refractivity contribution < 1.29 is 38.6 Å². The van der Waals surface area contributed by atoms with Gasteiger partial charge in [-0.15, -0.1) is 0 Å². The standard InChI is InChI=1S/C34H48N8O8S/c1-21-16-25(50-14-7-13-38-27(43)10-4-3-5-12-37-28(44)11-15-51)17-22(2)30(21)32(47)42-26(33(48)49)19-39-29(45)20-40-31(46)23-8-6-9-24(18-23)41-34(35)36/h6,8-9,16-18,26,51H,3-5,7,10-15,19-20H2,1-2H3,(H,37,44)(H,38,43)(H,39,45)(H,40,46)(H,42,47)(H,48,49)(H4,35,36,41)/t26-/m0/s1. The lowest BCUT2D eigenvalue weighted by Gasteiger charge is -2.18. The van der Waals surface area contributed by atoms with Gasteiger partial charge in [-0.1, -0.05) is 12.5 Å². The highest BCUT2D eigenvalue weighted by Crippen LogP contribution is 2.22. The molecule has 0 spiro atoms. The van der Waals surface area contributed by atoms with Gasteiger partial charge in [0.25, 0.3) is 11.8 Å². The molecule has 0 saturated carbocycles. The van der Waals surface area contributed by atoms with E-state index in [0.29, 0.717) is 67.3 Å². The van der Waals surface area contributed by atoms with Gasteiger partial charge in [0.1, 0.15) is 11.8 Å². The predicted octanol–water partition coefficient (Wildman–Crippen LogP) is 0.819. The van der Waals surface area contributed by atoms with Crippen LogP contribution in [0.2, 0.25) is 0 Å². The highest BCUT2D eigenvalue weighted by Gasteiger charge is 2.24. The number of ether oxygens (including phenoxy) is 1. The van der Waals surface area contributed by atoms with Gasteiger partial charge in [0.15, 0.2) is 5.96 Å². The molecule has 0 saturated heterocycles. The van der Waals surface area contributed by atoms with Gasteiger partial charge in [-0.3, -0.25) is 24.0 Å². The molecule has 2 rings (SSSR count). The Kier molecular flexibility index (Phi) is 18.4. The van der Waals surface area contributed by atoms with Gasteiger partial charge in [0, 0.05) is 43.6 Å². The number of guanidine groups is 1. The summed E-state index contributed by atoms with van der Waals surface area (Å²) in [5.41, 5.74) is 12.6. The van der Waals surface area contributed by atoms with E-state index in [1.54, 1.807) is 38.1 Å². The first-order valence-electron chi connectivity index (χ1n) is 16.5. The van der Waals surface area contributed by atoms with Crippen molar-refractivity contribution in [3.63, 3.8) is 0 Å². The number of carbonyl (C=O) groups excluding carboxylic acids is 5. The summed E-state index contributed by atoms with van der Waals surface area (Å²) in [4.78, 5) is 77.1. The van der Waals surface area contributed by atoms with Crippen LogP contribution in [0.15, 0.2) is 41.4 Å². The summed E-state index contributed by atoms with van der Waals surface area (Å²) in [6.07, 6.45) is 3.72. The summed E-state index contributed by atoms with van der Waals surface area (Å²) < 4.78 is 5.81. The van der Waals surface area contributed by atoms with Crippen LogP contribution in [0, 0.1) is 13.8 Å². The number of hydrogen-bond donors (Lipinski definition) is 9. The van der Waals surface area contributed by atoms with Crippen molar-refractivity contribution in [1.82, 2.24) is 26.6 Å². The molecule has 10 N–H and O–H groups in total.